The van der Waals surface area contributed by atoms with Crippen LogP contribution in [-0.4, -0.2) is 46.2 Å². The summed E-state index contributed by atoms with van der Waals surface area (Å²) in [5.41, 5.74) is 7.99. The highest BCUT2D eigenvalue weighted by Crippen LogP contribution is 2.49. The van der Waals surface area contributed by atoms with E-state index in [2.05, 4.69) is 14.8 Å². The number of carbonyl (C=O) groups excluding carboxylic acids is 2. The molecule has 0 aliphatic carbocycles. The minimum absolute atomic E-state index is 0.133. The van der Waals surface area contributed by atoms with Gasteiger partial charge in [0.15, 0.2) is 0 Å². The van der Waals surface area contributed by atoms with Gasteiger partial charge in [0.25, 0.3) is 0 Å². The summed E-state index contributed by atoms with van der Waals surface area (Å²) in [5, 5.41) is 3.78. The summed E-state index contributed by atoms with van der Waals surface area (Å²) in [6.45, 7) is -1.42. The van der Waals surface area contributed by atoms with Gasteiger partial charge in [0.2, 0.25) is 19.5 Å². The molecule has 0 radical (unpaired) electrons. The number of carbonyl (C=O) groups is 2. The molecule has 0 unspecified atom stereocenters. The summed E-state index contributed by atoms with van der Waals surface area (Å²) in [4.78, 5) is 27.8. The van der Waals surface area contributed by atoms with Crippen molar-refractivity contribution in [3.63, 3.8) is 0 Å². The molecule has 1 aromatic heterocycles. The van der Waals surface area contributed by atoms with Gasteiger partial charge in [0, 0.05) is 12.8 Å². The van der Waals surface area contributed by atoms with Gasteiger partial charge in [-0.2, -0.15) is 9.78 Å². The van der Waals surface area contributed by atoms with Crippen LogP contribution in [0.5, 0.6) is 0 Å². The number of rotatable bonds is 15. The van der Waals surface area contributed by atoms with E-state index >= 15 is 0 Å². The Hall–Kier alpha value is -3.86. The van der Waals surface area contributed by atoms with Crippen LogP contribution in [0.25, 0.3) is 0 Å². The van der Waals surface area contributed by atoms with Gasteiger partial charge in [0.1, 0.15) is 12.7 Å². The number of benzene rings is 2. The first-order valence-electron chi connectivity index (χ1n) is 11.9. The monoisotopic (exact) mass is 543 g/mol. The Morgan fingerprint density at radius 2 is 1.34 bits per heavy atom. The lowest BCUT2D eigenvalue weighted by atomic mass is 10.1. The summed E-state index contributed by atoms with van der Waals surface area (Å²) in [7, 11) is -4.36. The summed E-state index contributed by atoms with van der Waals surface area (Å²) < 4.78 is 38.1. The molecule has 0 amide bonds. The third-order valence-electron chi connectivity index (χ3n) is 5.13. The highest BCUT2D eigenvalue weighted by atomic mass is 31.2. The maximum Gasteiger partial charge on any atom is 0.462 e. The Morgan fingerprint density at radius 3 is 1.79 bits per heavy atom. The number of hydrogen-bond donors (Lipinski definition) is 1. The van der Waals surface area contributed by atoms with E-state index in [4.69, 9.17) is 24.3 Å². The van der Waals surface area contributed by atoms with Crippen molar-refractivity contribution in [2.24, 2.45) is 10.5 Å². The zero-order valence-electron chi connectivity index (χ0n) is 20.8. The fourth-order valence-electron chi connectivity index (χ4n) is 3.22. The number of aryl methyl sites for hydroxylation is 2. The van der Waals surface area contributed by atoms with Crippen molar-refractivity contribution in [1.82, 2.24) is 14.8 Å². The third kappa shape index (κ3) is 10.6. The van der Waals surface area contributed by atoms with E-state index in [0.29, 0.717) is 25.7 Å². The fourth-order valence-corrected chi connectivity index (χ4v) is 4.12. The van der Waals surface area contributed by atoms with Gasteiger partial charge in [-0.15, -0.1) is 4.76 Å². The normalized spacial score (nSPS) is 11.7. The molecule has 13 heteroatoms. The highest BCUT2D eigenvalue weighted by Gasteiger charge is 2.27. The quantitative estimate of drug-likeness (QED) is 0.0987. The minimum Gasteiger partial charge on any atom is -0.438 e. The maximum atomic E-state index is 13.1. The first-order chi connectivity index (χ1) is 18.4. The molecule has 0 aliphatic rings. The lowest BCUT2D eigenvalue weighted by Crippen LogP contribution is -2.23. The lowest BCUT2D eigenvalue weighted by Gasteiger charge is -2.15. The molecule has 2 aromatic carbocycles. The second kappa shape index (κ2) is 15.4. The topological polar surface area (TPSA) is 157 Å². The molecule has 0 aliphatic heterocycles. The zero-order valence-corrected chi connectivity index (χ0v) is 21.7. The fraction of sp³-hybridized carbons (Fsp3) is 0.320. The highest BCUT2D eigenvalue weighted by molar-refractivity contribution is 7.52. The van der Waals surface area contributed by atoms with Gasteiger partial charge in [0.05, 0.1) is 0 Å². The van der Waals surface area contributed by atoms with Gasteiger partial charge in [-0.3, -0.25) is 18.6 Å². The second-order valence-electron chi connectivity index (χ2n) is 7.97. The molecular formula is C25H30N5O7P. The Labute approximate surface area is 220 Å². The van der Waals surface area contributed by atoms with Crippen LogP contribution >= 0.6 is 7.75 Å². The van der Waals surface area contributed by atoms with E-state index in [1.807, 2.05) is 60.7 Å². The lowest BCUT2D eigenvalue weighted by molar-refractivity contribution is -0.152. The summed E-state index contributed by atoms with van der Waals surface area (Å²) in [6.07, 6.45) is 5.22. The molecule has 0 atom stereocenters. The smallest absolute Gasteiger partial charge is 0.438 e. The van der Waals surface area contributed by atoms with E-state index in [9.17, 15) is 14.2 Å². The average Bonchev–Trinajstić information content (AvgIpc) is 3.45. The van der Waals surface area contributed by atoms with Crippen LogP contribution in [0.2, 0.25) is 0 Å². The molecule has 3 aromatic rings. The molecule has 202 valence electrons. The molecule has 0 saturated heterocycles. The summed E-state index contributed by atoms with van der Waals surface area (Å²) in [5.74, 6) is -1.45. The van der Waals surface area contributed by atoms with Gasteiger partial charge in [-0.1, -0.05) is 60.7 Å². The number of hydrogen-bond acceptors (Lipinski definition) is 9. The predicted molar refractivity (Wildman–Crippen MR) is 137 cm³/mol. The van der Waals surface area contributed by atoms with Crippen molar-refractivity contribution >= 4 is 25.6 Å². The number of aromatic nitrogens is 3. The van der Waals surface area contributed by atoms with Gasteiger partial charge in [-0.25, -0.2) is 9.55 Å². The average molecular weight is 544 g/mol. The van der Waals surface area contributed by atoms with Crippen LogP contribution in [0.4, 0.5) is 0 Å². The van der Waals surface area contributed by atoms with Crippen molar-refractivity contribution in [1.29, 1.82) is 0 Å². The van der Waals surface area contributed by atoms with E-state index in [1.54, 1.807) is 0 Å². The maximum absolute atomic E-state index is 13.1. The Balaban J connectivity index is 1.45. The Morgan fingerprint density at radius 1 is 0.842 bits per heavy atom. The Bertz CT molecular complexity index is 1140. The number of nitrogens with two attached hydrogens (primary N) is 1. The zero-order chi connectivity index (χ0) is 27.1. The molecular weight excluding hydrogens is 513 g/mol. The SMILES string of the molecule is NC(=NP(=O)(OCOC(=O)CCCc1ccccc1)OCOC(=O)CCCc1ccccc1)n1cncn1. The van der Waals surface area contributed by atoms with Crippen molar-refractivity contribution in [2.75, 3.05) is 13.6 Å². The van der Waals surface area contributed by atoms with Crippen molar-refractivity contribution < 1.29 is 32.7 Å². The van der Waals surface area contributed by atoms with Gasteiger partial charge in [-0.05, 0) is 36.8 Å². The van der Waals surface area contributed by atoms with E-state index in [-0.39, 0.29) is 18.8 Å². The van der Waals surface area contributed by atoms with E-state index in [1.165, 1.54) is 12.7 Å². The molecule has 38 heavy (non-hydrogen) atoms. The number of esters is 2. The summed E-state index contributed by atoms with van der Waals surface area (Å²) in [6, 6.07) is 19.4. The van der Waals surface area contributed by atoms with Gasteiger partial charge >= 0.3 is 19.7 Å². The van der Waals surface area contributed by atoms with Crippen LogP contribution in [0.15, 0.2) is 78.1 Å². The molecule has 3 rings (SSSR count). The first-order valence-corrected chi connectivity index (χ1v) is 13.4. The molecule has 0 spiro atoms. The Kier molecular flexibility index (Phi) is 11.6. The standard InChI is InChI=1S/C25H30N5O7P/c26-25(30-18-27-17-28-30)29-38(33,36-19-34-23(31)15-7-13-21-9-3-1-4-10-21)37-20-35-24(32)16-8-14-22-11-5-2-6-12-22/h1-6,9-12,17-18H,7-8,13-16,19-20H2,(H2,26,29,33). The largest absolute Gasteiger partial charge is 0.462 e. The number of ether oxygens (including phenoxy) is 2. The van der Waals surface area contributed by atoms with Crippen LogP contribution in [0, 0.1) is 0 Å². The molecule has 0 bridgehead atoms. The molecule has 1 heterocycles. The first kappa shape index (κ1) is 28.7. The molecule has 12 nitrogen and oxygen atoms in total. The van der Waals surface area contributed by atoms with E-state index in [0.717, 1.165) is 15.8 Å². The van der Waals surface area contributed by atoms with Crippen LogP contribution in [0.1, 0.15) is 36.8 Å². The predicted octanol–water partition coefficient (Wildman–Crippen LogP) is 3.63. The van der Waals surface area contributed by atoms with Crippen LogP contribution in [0.3, 0.4) is 0 Å². The third-order valence-corrected chi connectivity index (χ3v) is 6.44. The minimum atomic E-state index is -4.36. The van der Waals surface area contributed by atoms with E-state index < -0.39 is 33.3 Å². The summed E-state index contributed by atoms with van der Waals surface area (Å²) >= 11 is 0. The van der Waals surface area contributed by atoms with Crippen molar-refractivity contribution in [3.05, 3.63) is 84.4 Å². The van der Waals surface area contributed by atoms with Crippen LogP contribution < -0.4 is 5.73 Å². The second-order valence-corrected chi connectivity index (χ2v) is 9.63. The molecule has 0 fully saturated rings. The molecule has 0 saturated carbocycles. The van der Waals surface area contributed by atoms with Crippen LogP contribution in [-0.2, 0) is 45.5 Å². The van der Waals surface area contributed by atoms with Gasteiger partial charge < -0.3 is 15.2 Å². The molecule has 2 N–H and O–H groups in total. The van der Waals surface area contributed by atoms with Crippen molar-refractivity contribution in [2.45, 2.75) is 38.5 Å². The number of nitrogens with zero attached hydrogens (tertiary/aromatic N) is 4. The van der Waals surface area contributed by atoms with Crippen molar-refractivity contribution in [3.8, 4) is 0 Å².